The number of anilines is 1. The highest BCUT2D eigenvalue weighted by Gasteiger charge is 2.43. The van der Waals surface area contributed by atoms with Crippen LogP contribution in [0.15, 0.2) is 4.47 Å². The van der Waals surface area contributed by atoms with E-state index in [4.69, 9.17) is 14.7 Å². The Morgan fingerprint density at radius 1 is 1.29 bits per heavy atom. The van der Waals surface area contributed by atoms with Crippen molar-refractivity contribution in [1.29, 1.82) is 0 Å². The van der Waals surface area contributed by atoms with Gasteiger partial charge in [-0.15, -0.1) is 0 Å². The lowest BCUT2D eigenvalue weighted by Crippen LogP contribution is -2.39. The standard InChI is InChI=1S/C16H26BrN3O/c1-6-10-18-13-11(17)12(15(2,3)4)19-14(20-13)16(21-5)8-7-9-16/h6-10H2,1-5H3,(H,18,19,20). The number of hydrogen-bond donors (Lipinski definition) is 1. The summed E-state index contributed by atoms with van der Waals surface area (Å²) in [6.45, 7) is 9.57. The Morgan fingerprint density at radius 3 is 2.38 bits per heavy atom. The molecule has 21 heavy (non-hydrogen) atoms. The van der Waals surface area contributed by atoms with Crippen molar-refractivity contribution in [3.8, 4) is 0 Å². The molecule has 1 heterocycles. The number of halogens is 1. The number of rotatable bonds is 5. The Labute approximate surface area is 136 Å². The van der Waals surface area contributed by atoms with E-state index in [9.17, 15) is 0 Å². The summed E-state index contributed by atoms with van der Waals surface area (Å²) < 4.78 is 6.73. The number of ether oxygens (including phenoxy) is 1. The second-order valence-electron chi connectivity index (χ2n) is 6.79. The molecule has 4 nitrogen and oxygen atoms in total. The van der Waals surface area contributed by atoms with Crippen LogP contribution in [0.3, 0.4) is 0 Å². The van der Waals surface area contributed by atoms with Gasteiger partial charge in [-0.05, 0) is 41.6 Å². The molecule has 0 saturated heterocycles. The zero-order valence-corrected chi connectivity index (χ0v) is 15.3. The fourth-order valence-corrected chi connectivity index (χ4v) is 3.44. The Bertz CT molecular complexity index is 501. The average molecular weight is 356 g/mol. The molecule has 0 aromatic carbocycles. The van der Waals surface area contributed by atoms with Crippen molar-refractivity contribution in [3.05, 3.63) is 16.0 Å². The first-order valence-corrected chi connectivity index (χ1v) is 8.51. The molecule has 0 spiro atoms. The van der Waals surface area contributed by atoms with Gasteiger partial charge in [-0.1, -0.05) is 27.7 Å². The third-order valence-corrected chi connectivity index (χ3v) is 4.81. The lowest BCUT2D eigenvalue weighted by Gasteiger charge is -2.39. The van der Waals surface area contributed by atoms with Crippen LogP contribution in [0.2, 0.25) is 0 Å². The molecule has 0 aliphatic heterocycles. The molecule has 1 saturated carbocycles. The summed E-state index contributed by atoms with van der Waals surface area (Å²) >= 11 is 3.68. The molecule has 0 radical (unpaired) electrons. The average Bonchev–Trinajstić information content (AvgIpc) is 2.36. The van der Waals surface area contributed by atoms with Crippen molar-refractivity contribution in [2.75, 3.05) is 19.0 Å². The van der Waals surface area contributed by atoms with E-state index in [0.717, 1.165) is 47.6 Å². The number of nitrogens with one attached hydrogen (secondary N) is 1. The first-order valence-electron chi connectivity index (χ1n) is 7.71. The minimum Gasteiger partial charge on any atom is -0.370 e. The second kappa shape index (κ2) is 6.21. The molecule has 0 unspecified atom stereocenters. The summed E-state index contributed by atoms with van der Waals surface area (Å²) in [5, 5.41) is 3.41. The van der Waals surface area contributed by atoms with Gasteiger partial charge in [0, 0.05) is 19.1 Å². The summed E-state index contributed by atoms with van der Waals surface area (Å²) in [6, 6.07) is 0. The zero-order valence-electron chi connectivity index (χ0n) is 13.7. The first-order chi connectivity index (χ1) is 9.84. The van der Waals surface area contributed by atoms with Crippen molar-refractivity contribution in [2.24, 2.45) is 0 Å². The van der Waals surface area contributed by atoms with Gasteiger partial charge in [0.2, 0.25) is 0 Å². The monoisotopic (exact) mass is 355 g/mol. The Morgan fingerprint density at radius 2 is 1.95 bits per heavy atom. The van der Waals surface area contributed by atoms with Gasteiger partial charge in [-0.25, -0.2) is 9.97 Å². The molecular formula is C16H26BrN3O. The molecular weight excluding hydrogens is 330 g/mol. The maximum atomic E-state index is 5.76. The Hall–Kier alpha value is -0.680. The molecule has 1 aliphatic carbocycles. The summed E-state index contributed by atoms with van der Waals surface area (Å²) in [5.74, 6) is 1.71. The van der Waals surface area contributed by atoms with E-state index < -0.39 is 0 Å². The zero-order chi connectivity index (χ0) is 15.7. The molecule has 1 N–H and O–H groups in total. The number of aromatic nitrogens is 2. The van der Waals surface area contributed by atoms with Crippen LogP contribution in [0.1, 0.15) is 64.9 Å². The van der Waals surface area contributed by atoms with Crippen molar-refractivity contribution in [2.45, 2.75) is 64.4 Å². The molecule has 2 rings (SSSR count). The van der Waals surface area contributed by atoms with Gasteiger partial charge in [0.05, 0.1) is 10.2 Å². The van der Waals surface area contributed by atoms with Gasteiger partial charge in [0.25, 0.3) is 0 Å². The van der Waals surface area contributed by atoms with E-state index in [0.29, 0.717) is 0 Å². The number of methoxy groups -OCH3 is 1. The van der Waals surface area contributed by atoms with Crippen LogP contribution in [0.5, 0.6) is 0 Å². The van der Waals surface area contributed by atoms with E-state index >= 15 is 0 Å². The van der Waals surface area contributed by atoms with Crippen molar-refractivity contribution in [3.63, 3.8) is 0 Å². The molecule has 1 aromatic heterocycles. The van der Waals surface area contributed by atoms with E-state index in [2.05, 4.69) is 48.9 Å². The predicted octanol–water partition coefficient (Wildman–Crippen LogP) is 4.38. The van der Waals surface area contributed by atoms with E-state index in [1.54, 1.807) is 7.11 Å². The highest BCUT2D eigenvalue weighted by molar-refractivity contribution is 9.10. The molecule has 1 fully saturated rings. The molecule has 0 bridgehead atoms. The van der Waals surface area contributed by atoms with Crippen molar-refractivity contribution in [1.82, 2.24) is 9.97 Å². The normalized spacial score (nSPS) is 17.4. The third-order valence-electron chi connectivity index (χ3n) is 4.06. The number of nitrogens with zero attached hydrogens (tertiary/aromatic N) is 2. The molecule has 0 amide bonds. The van der Waals surface area contributed by atoms with Gasteiger partial charge in [0.15, 0.2) is 5.82 Å². The molecule has 118 valence electrons. The maximum absolute atomic E-state index is 5.76. The van der Waals surface area contributed by atoms with Gasteiger partial charge < -0.3 is 10.1 Å². The summed E-state index contributed by atoms with van der Waals surface area (Å²) in [5.41, 5.74) is 0.704. The van der Waals surface area contributed by atoms with Gasteiger partial charge in [0.1, 0.15) is 11.4 Å². The first kappa shape index (κ1) is 16.7. The van der Waals surface area contributed by atoms with Gasteiger partial charge in [-0.3, -0.25) is 0 Å². The van der Waals surface area contributed by atoms with Crippen molar-refractivity contribution < 1.29 is 4.74 Å². The van der Waals surface area contributed by atoms with Crippen LogP contribution in [0.4, 0.5) is 5.82 Å². The topological polar surface area (TPSA) is 47.0 Å². The molecule has 0 atom stereocenters. The fourth-order valence-electron chi connectivity index (χ4n) is 2.53. The predicted molar refractivity (Wildman–Crippen MR) is 89.8 cm³/mol. The van der Waals surface area contributed by atoms with Crippen molar-refractivity contribution >= 4 is 21.7 Å². The maximum Gasteiger partial charge on any atom is 0.162 e. The summed E-state index contributed by atoms with van der Waals surface area (Å²) in [4.78, 5) is 9.61. The second-order valence-corrected chi connectivity index (χ2v) is 7.58. The minimum atomic E-state index is -0.288. The number of hydrogen-bond acceptors (Lipinski definition) is 4. The van der Waals surface area contributed by atoms with Crippen LogP contribution in [0, 0.1) is 0 Å². The van der Waals surface area contributed by atoms with Crippen LogP contribution >= 0.6 is 15.9 Å². The van der Waals surface area contributed by atoms with E-state index in [1.807, 2.05) is 0 Å². The Kier molecular flexibility index (Phi) is 4.93. The molecule has 5 heteroatoms. The summed E-state index contributed by atoms with van der Waals surface area (Å²) in [6.07, 6.45) is 4.24. The quantitative estimate of drug-likeness (QED) is 0.850. The van der Waals surface area contributed by atoms with Crippen LogP contribution in [0.25, 0.3) is 0 Å². The van der Waals surface area contributed by atoms with Gasteiger partial charge >= 0.3 is 0 Å². The molecule has 1 aromatic rings. The highest BCUT2D eigenvalue weighted by Crippen LogP contribution is 2.44. The lowest BCUT2D eigenvalue weighted by atomic mass is 9.79. The minimum absolute atomic E-state index is 0.0438. The smallest absolute Gasteiger partial charge is 0.162 e. The van der Waals surface area contributed by atoms with Crippen LogP contribution < -0.4 is 5.32 Å². The van der Waals surface area contributed by atoms with Gasteiger partial charge in [-0.2, -0.15) is 0 Å². The summed E-state index contributed by atoms with van der Waals surface area (Å²) in [7, 11) is 1.76. The van der Waals surface area contributed by atoms with Crippen LogP contribution in [-0.2, 0) is 15.8 Å². The third kappa shape index (κ3) is 3.24. The molecule has 1 aliphatic rings. The largest absolute Gasteiger partial charge is 0.370 e. The SMILES string of the molecule is CCCNc1nc(C2(OC)CCC2)nc(C(C)(C)C)c1Br. The fraction of sp³-hybridized carbons (Fsp3) is 0.750. The van der Waals surface area contributed by atoms with Crippen LogP contribution in [-0.4, -0.2) is 23.6 Å². The van der Waals surface area contributed by atoms with E-state index in [1.165, 1.54) is 6.42 Å². The van der Waals surface area contributed by atoms with E-state index in [-0.39, 0.29) is 11.0 Å². The lowest BCUT2D eigenvalue weighted by molar-refractivity contribution is -0.0848. The highest BCUT2D eigenvalue weighted by atomic mass is 79.9. The Balaban J connectivity index is 2.51.